The number of thiophene rings is 1. The Labute approximate surface area is 136 Å². The van der Waals surface area contributed by atoms with Gasteiger partial charge in [-0.2, -0.15) is 0 Å². The molecule has 2 heterocycles. The normalized spacial score (nSPS) is 13.6. The molecule has 1 aliphatic heterocycles. The second-order valence-corrected chi connectivity index (χ2v) is 6.63. The van der Waals surface area contributed by atoms with E-state index in [2.05, 4.69) is 0 Å². The maximum absolute atomic E-state index is 13.5. The van der Waals surface area contributed by atoms with E-state index in [1.165, 1.54) is 23.5 Å². The molecular formula is C16H15FN2O3S. The van der Waals surface area contributed by atoms with E-state index in [1.54, 1.807) is 29.4 Å². The van der Waals surface area contributed by atoms with Crippen molar-refractivity contribution < 1.29 is 19.2 Å². The van der Waals surface area contributed by atoms with Gasteiger partial charge in [0, 0.05) is 17.0 Å². The fraction of sp³-hybridized carbons (Fsp3) is 0.250. The lowest BCUT2D eigenvalue weighted by Gasteiger charge is -2.27. The SMILES string of the molecule is Cc1cc(F)cc(C(=O)N2CCc3cc(C(=O)NO)sc3C2)c1. The molecule has 0 saturated carbocycles. The van der Waals surface area contributed by atoms with Gasteiger partial charge in [-0.25, -0.2) is 9.87 Å². The molecule has 0 saturated heterocycles. The van der Waals surface area contributed by atoms with Crippen LogP contribution >= 0.6 is 11.3 Å². The highest BCUT2D eigenvalue weighted by Gasteiger charge is 2.25. The summed E-state index contributed by atoms with van der Waals surface area (Å²) in [6.07, 6.45) is 0.630. The molecule has 2 aromatic rings. The van der Waals surface area contributed by atoms with Gasteiger partial charge >= 0.3 is 0 Å². The van der Waals surface area contributed by atoms with Crippen molar-refractivity contribution in [1.29, 1.82) is 0 Å². The number of nitrogens with one attached hydrogen (secondary N) is 1. The first kappa shape index (κ1) is 15.6. The van der Waals surface area contributed by atoms with Crippen LogP contribution in [0.2, 0.25) is 0 Å². The van der Waals surface area contributed by atoms with E-state index in [0.717, 1.165) is 10.4 Å². The van der Waals surface area contributed by atoms with Gasteiger partial charge in [-0.15, -0.1) is 11.3 Å². The number of rotatable bonds is 2. The number of halogens is 1. The van der Waals surface area contributed by atoms with Crippen LogP contribution in [0.1, 0.15) is 36.0 Å². The summed E-state index contributed by atoms with van der Waals surface area (Å²) in [6.45, 7) is 2.64. The molecule has 0 spiro atoms. The van der Waals surface area contributed by atoms with E-state index in [4.69, 9.17) is 5.21 Å². The van der Waals surface area contributed by atoms with Crippen LogP contribution in [0.4, 0.5) is 4.39 Å². The number of carbonyl (C=O) groups excluding carboxylic acids is 2. The minimum Gasteiger partial charge on any atom is -0.333 e. The molecule has 2 N–H and O–H groups in total. The van der Waals surface area contributed by atoms with E-state index in [9.17, 15) is 14.0 Å². The molecular weight excluding hydrogens is 319 g/mol. The number of benzene rings is 1. The lowest BCUT2D eigenvalue weighted by molar-refractivity contribution is 0.0709. The molecule has 3 rings (SSSR count). The Bertz CT molecular complexity index is 767. The van der Waals surface area contributed by atoms with E-state index in [0.29, 0.717) is 35.5 Å². The average Bonchev–Trinajstić information content (AvgIpc) is 2.95. The summed E-state index contributed by atoms with van der Waals surface area (Å²) in [5.74, 6) is -1.20. The van der Waals surface area contributed by atoms with Crippen molar-refractivity contribution in [3.8, 4) is 0 Å². The van der Waals surface area contributed by atoms with Gasteiger partial charge in [-0.05, 0) is 48.7 Å². The Morgan fingerprint density at radius 1 is 1.30 bits per heavy atom. The van der Waals surface area contributed by atoms with Crippen LogP contribution in [0.25, 0.3) is 0 Å². The fourth-order valence-electron chi connectivity index (χ4n) is 2.70. The molecule has 0 unspecified atom stereocenters. The van der Waals surface area contributed by atoms with Crippen LogP contribution in [0.5, 0.6) is 0 Å². The molecule has 2 amide bonds. The fourth-order valence-corrected chi connectivity index (χ4v) is 3.82. The summed E-state index contributed by atoms with van der Waals surface area (Å²) in [5, 5.41) is 8.70. The number of carbonyl (C=O) groups is 2. The summed E-state index contributed by atoms with van der Waals surface area (Å²) in [6, 6.07) is 6.02. The van der Waals surface area contributed by atoms with Crippen LogP contribution in [0, 0.1) is 12.7 Å². The molecule has 0 atom stereocenters. The Morgan fingerprint density at radius 2 is 2.09 bits per heavy atom. The van der Waals surface area contributed by atoms with Crippen LogP contribution in [-0.2, 0) is 13.0 Å². The second-order valence-electron chi connectivity index (χ2n) is 5.49. The molecule has 0 radical (unpaired) electrons. The van der Waals surface area contributed by atoms with Gasteiger partial charge in [0.15, 0.2) is 0 Å². The lowest BCUT2D eigenvalue weighted by atomic mass is 10.1. The smallest absolute Gasteiger partial charge is 0.284 e. The number of hydrogen-bond acceptors (Lipinski definition) is 4. The third-order valence-corrected chi connectivity index (χ3v) is 4.94. The third-order valence-electron chi connectivity index (χ3n) is 3.78. The average molecular weight is 334 g/mol. The van der Waals surface area contributed by atoms with Gasteiger partial charge in [-0.3, -0.25) is 14.8 Å². The Morgan fingerprint density at radius 3 is 2.78 bits per heavy atom. The van der Waals surface area contributed by atoms with Crippen molar-refractivity contribution in [2.75, 3.05) is 6.54 Å². The van der Waals surface area contributed by atoms with Crippen LogP contribution in [0.3, 0.4) is 0 Å². The van der Waals surface area contributed by atoms with Crippen LogP contribution in [-0.4, -0.2) is 28.5 Å². The van der Waals surface area contributed by atoms with Gasteiger partial charge in [-0.1, -0.05) is 0 Å². The first-order chi connectivity index (χ1) is 11.0. The molecule has 1 aromatic heterocycles. The maximum atomic E-state index is 13.5. The lowest BCUT2D eigenvalue weighted by Crippen LogP contribution is -2.35. The first-order valence-corrected chi connectivity index (χ1v) is 7.92. The highest BCUT2D eigenvalue weighted by Crippen LogP contribution is 2.29. The molecule has 0 aliphatic carbocycles. The number of aryl methyl sites for hydroxylation is 1. The van der Waals surface area contributed by atoms with Crippen molar-refractivity contribution in [1.82, 2.24) is 10.4 Å². The predicted molar refractivity (Wildman–Crippen MR) is 83.2 cm³/mol. The van der Waals surface area contributed by atoms with Crippen LogP contribution in [0.15, 0.2) is 24.3 Å². The number of hydrogen-bond donors (Lipinski definition) is 2. The molecule has 23 heavy (non-hydrogen) atoms. The standard InChI is InChI=1S/C16H15FN2O3S/c1-9-4-11(6-12(17)5-9)16(21)19-3-2-10-7-13(15(20)18-22)23-14(10)8-19/h4-7,22H,2-3,8H2,1H3,(H,18,20). The summed E-state index contributed by atoms with van der Waals surface area (Å²) in [5.41, 5.74) is 3.65. The van der Waals surface area contributed by atoms with E-state index < -0.39 is 11.7 Å². The van der Waals surface area contributed by atoms with E-state index in [1.807, 2.05) is 0 Å². The van der Waals surface area contributed by atoms with Crippen molar-refractivity contribution in [2.24, 2.45) is 0 Å². The number of hydroxylamine groups is 1. The van der Waals surface area contributed by atoms with Crippen molar-refractivity contribution in [3.05, 3.63) is 56.5 Å². The molecule has 7 heteroatoms. The van der Waals surface area contributed by atoms with Crippen LogP contribution < -0.4 is 5.48 Å². The van der Waals surface area contributed by atoms with Crippen molar-refractivity contribution >= 4 is 23.2 Å². The number of amides is 2. The van der Waals surface area contributed by atoms with Gasteiger partial charge < -0.3 is 4.90 Å². The quantitative estimate of drug-likeness (QED) is 0.655. The molecule has 1 aliphatic rings. The molecule has 1 aromatic carbocycles. The Balaban J connectivity index is 1.82. The zero-order valence-corrected chi connectivity index (χ0v) is 13.2. The van der Waals surface area contributed by atoms with Gasteiger partial charge in [0.2, 0.25) is 0 Å². The summed E-state index contributed by atoms with van der Waals surface area (Å²) in [7, 11) is 0. The maximum Gasteiger partial charge on any atom is 0.284 e. The van der Waals surface area contributed by atoms with E-state index >= 15 is 0 Å². The Kier molecular flexibility index (Phi) is 4.14. The molecule has 120 valence electrons. The molecule has 5 nitrogen and oxygen atoms in total. The largest absolute Gasteiger partial charge is 0.333 e. The summed E-state index contributed by atoms with van der Waals surface area (Å²) in [4.78, 5) is 27.0. The van der Waals surface area contributed by atoms with E-state index in [-0.39, 0.29) is 5.91 Å². The minimum absolute atomic E-state index is 0.222. The van der Waals surface area contributed by atoms with Crippen molar-refractivity contribution in [2.45, 2.75) is 19.9 Å². The number of fused-ring (bicyclic) bond motifs is 1. The minimum atomic E-state index is -0.553. The van der Waals surface area contributed by atoms with Crippen molar-refractivity contribution in [3.63, 3.8) is 0 Å². The first-order valence-electron chi connectivity index (χ1n) is 7.10. The summed E-state index contributed by atoms with van der Waals surface area (Å²) >= 11 is 1.25. The predicted octanol–water partition coefficient (Wildman–Crippen LogP) is 2.51. The molecule has 0 bridgehead atoms. The second kappa shape index (κ2) is 6.10. The highest BCUT2D eigenvalue weighted by molar-refractivity contribution is 7.14. The molecule has 0 fully saturated rings. The topological polar surface area (TPSA) is 69.6 Å². The zero-order valence-electron chi connectivity index (χ0n) is 12.4. The third kappa shape index (κ3) is 3.11. The number of nitrogens with zero attached hydrogens (tertiary/aromatic N) is 1. The monoisotopic (exact) mass is 334 g/mol. The van der Waals surface area contributed by atoms with Gasteiger partial charge in [0.25, 0.3) is 11.8 Å². The Hall–Kier alpha value is -2.25. The van der Waals surface area contributed by atoms with Gasteiger partial charge in [0.1, 0.15) is 5.82 Å². The van der Waals surface area contributed by atoms with Gasteiger partial charge in [0.05, 0.1) is 11.4 Å². The highest BCUT2D eigenvalue weighted by atomic mass is 32.1. The summed E-state index contributed by atoms with van der Waals surface area (Å²) < 4.78 is 13.5. The zero-order chi connectivity index (χ0) is 16.6.